The minimum Gasteiger partial charge on any atom is -0.384 e. The molecule has 1 amide bonds. The summed E-state index contributed by atoms with van der Waals surface area (Å²) >= 11 is 0. The lowest BCUT2D eigenvalue weighted by atomic mass is 9.94. The van der Waals surface area contributed by atoms with Crippen molar-refractivity contribution in [3.8, 4) is 0 Å². The number of piperidine rings is 1. The number of aromatic nitrogens is 1. The summed E-state index contributed by atoms with van der Waals surface area (Å²) in [5.41, 5.74) is 6.07. The molecule has 1 unspecified atom stereocenters. The van der Waals surface area contributed by atoms with Gasteiger partial charge in [-0.1, -0.05) is 6.07 Å². The molecule has 0 spiro atoms. The van der Waals surface area contributed by atoms with E-state index in [0.717, 1.165) is 25.9 Å². The van der Waals surface area contributed by atoms with Gasteiger partial charge >= 0.3 is 0 Å². The van der Waals surface area contributed by atoms with Gasteiger partial charge in [0.1, 0.15) is 11.5 Å². The molecule has 5 heteroatoms. The second kappa shape index (κ2) is 4.81. The van der Waals surface area contributed by atoms with Crippen molar-refractivity contribution >= 4 is 11.7 Å². The van der Waals surface area contributed by atoms with E-state index in [1.165, 1.54) is 0 Å². The number of hydrogen-bond acceptors (Lipinski definition) is 4. The third-order valence-corrected chi connectivity index (χ3v) is 4.30. The molecular weight excluding hydrogens is 242 g/mol. The van der Waals surface area contributed by atoms with Crippen LogP contribution < -0.4 is 5.73 Å². The monoisotopic (exact) mass is 261 g/mol. The Morgan fingerprint density at radius 3 is 2.63 bits per heavy atom. The van der Waals surface area contributed by atoms with Crippen LogP contribution in [0.5, 0.6) is 0 Å². The minimum absolute atomic E-state index is 0.0150. The summed E-state index contributed by atoms with van der Waals surface area (Å²) in [5.74, 6) is 1.31. The van der Waals surface area contributed by atoms with Gasteiger partial charge in [-0.2, -0.15) is 0 Å². The van der Waals surface area contributed by atoms with Crippen LogP contribution >= 0.6 is 0 Å². The molecule has 1 aromatic heterocycles. The maximum Gasteiger partial charge on any atom is 0.272 e. The van der Waals surface area contributed by atoms with Gasteiger partial charge in [0, 0.05) is 32.0 Å². The highest BCUT2D eigenvalue weighted by Crippen LogP contribution is 2.38. The fourth-order valence-electron chi connectivity index (χ4n) is 3.46. The standard InChI is InChI=1S/C14H19N3O2/c1-19-13-9-5-6-10(13)8-17(7-9)14(18)11-3-2-4-12(15)16-11/h2-4,9-10,13H,5-8H2,1H3,(H2,15,16)/t9-,10+,13?. The van der Waals surface area contributed by atoms with Gasteiger partial charge < -0.3 is 15.4 Å². The zero-order valence-corrected chi connectivity index (χ0v) is 11.1. The van der Waals surface area contributed by atoms with Crippen molar-refractivity contribution in [1.29, 1.82) is 0 Å². The summed E-state index contributed by atoms with van der Waals surface area (Å²) in [6.45, 7) is 1.54. The Kier molecular flexibility index (Phi) is 3.14. The Morgan fingerprint density at radius 1 is 1.37 bits per heavy atom. The van der Waals surface area contributed by atoms with Gasteiger partial charge in [-0.25, -0.2) is 4.98 Å². The summed E-state index contributed by atoms with van der Waals surface area (Å²) in [4.78, 5) is 18.4. The molecule has 5 nitrogen and oxygen atoms in total. The molecule has 1 aliphatic carbocycles. The summed E-state index contributed by atoms with van der Waals surface area (Å²) in [6.07, 6.45) is 2.62. The molecular formula is C14H19N3O2. The number of amides is 1. The first-order valence-electron chi connectivity index (χ1n) is 6.73. The van der Waals surface area contributed by atoms with Crippen LogP contribution in [0.15, 0.2) is 18.2 Å². The third-order valence-electron chi connectivity index (χ3n) is 4.30. The summed E-state index contributed by atoms with van der Waals surface area (Å²) < 4.78 is 5.56. The maximum atomic E-state index is 12.4. The van der Waals surface area contributed by atoms with Gasteiger partial charge in [0.25, 0.3) is 5.91 Å². The molecule has 2 bridgehead atoms. The highest BCUT2D eigenvalue weighted by molar-refractivity contribution is 5.92. The lowest BCUT2D eigenvalue weighted by molar-refractivity contribution is -0.0115. The van der Waals surface area contributed by atoms with Gasteiger partial charge in [-0.15, -0.1) is 0 Å². The summed E-state index contributed by atoms with van der Waals surface area (Å²) in [6, 6.07) is 5.19. The number of fused-ring (bicyclic) bond motifs is 2. The van der Waals surface area contributed by atoms with E-state index in [1.54, 1.807) is 25.3 Å². The van der Waals surface area contributed by atoms with Crippen LogP contribution in [0, 0.1) is 11.8 Å². The molecule has 1 aromatic rings. The van der Waals surface area contributed by atoms with E-state index in [2.05, 4.69) is 4.98 Å². The van der Waals surface area contributed by atoms with Crippen molar-refractivity contribution in [2.45, 2.75) is 18.9 Å². The van der Waals surface area contributed by atoms with E-state index < -0.39 is 0 Å². The number of ether oxygens (including phenoxy) is 1. The SMILES string of the molecule is COC1[C@@H]2CC[C@H]1CN(C(=O)c1cccc(N)n1)C2. The first-order valence-corrected chi connectivity index (χ1v) is 6.73. The quantitative estimate of drug-likeness (QED) is 0.867. The van der Waals surface area contributed by atoms with Gasteiger partial charge in [0.2, 0.25) is 0 Å². The van der Waals surface area contributed by atoms with Crippen molar-refractivity contribution in [2.75, 3.05) is 25.9 Å². The lowest BCUT2D eigenvalue weighted by Gasteiger charge is -2.37. The average molecular weight is 261 g/mol. The highest BCUT2D eigenvalue weighted by Gasteiger charge is 2.43. The van der Waals surface area contributed by atoms with E-state index in [-0.39, 0.29) is 5.91 Å². The average Bonchev–Trinajstić information content (AvgIpc) is 2.66. The van der Waals surface area contributed by atoms with Crippen LogP contribution in [0.4, 0.5) is 5.82 Å². The molecule has 1 saturated heterocycles. The molecule has 0 radical (unpaired) electrons. The highest BCUT2D eigenvalue weighted by atomic mass is 16.5. The number of anilines is 1. The first-order chi connectivity index (χ1) is 9.19. The van der Waals surface area contributed by atoms with Gasteiger partial charge in [-0.05, 0) is 25.0 Å². The summed E-state index contributed by atoms with van der Waals surface area (Å²) in [5, 5.41) is 0. The molecule has 1 saturated carbocycles. The lowest BCUT2D eigenvalue weighted by Crippen LogP contribution is -2.48. The van der Waals surface area contributed by atoms with Crippen LogP contribution in [-0.2, 0) is 4.74 Å². The Hall–Kier alpha value is -1.62. The Morgan fingerprint density at radius 2 is 2.05 bits per heavy atom. The van der Waals surface area contributed by atoms with Crippen molar-refractivity contribution in [2.24, 2.45) is 11.8 Å². The topological polar surface area (TPSA) is 68.5 Å². The molecule has 2 aliphatic rings. The van der Waals surface area contributed by atoms with E-state index in [4.69, 9.17) is 10.5 Å². The number of rotatable bonds is 2. The van der Waals surface area contributed by atoms with Gasteiger partial charge in [-0.3, -0.25) is 4.79 Å². The molecule has 19 heavy (non-hydrogen) atoms. The Bertz CT molecular complexity index is 477. The smallest absolute Gasteiger partial charge is 0.272 e. The fourth-order valence-corrected chi connectivity index (χ4v) is 3.46. The first kappa shape index (κ1) is 12.4. The predicted octanol–water partition coefficient (Wildman–Crippen LogP) is 1.16. The number of carbonyl (C=O) groups excluding carboxylic acids is 1. The van der Waals surface area contributed by atoms with Crippen molar-refractivity contribution in [1.82, 2.24) is 9.88 Å². The number of pyridine rings is 1. The van der Waals surface area contributed by atoms with E-state index in [0.29, 0.717) is 29.5 Å². The molecule has 1 aliphatic heterocycles. The Labute approximate surface area is 112 Å². The number of carbonyl (C=O) groups is 1. The number of methoxy groups -OCH3 is 1. The van der Waals surface area contributed by atoms with E-state index in [9.17, 15) is 4.79 Å². The van der Waals surface area contributed by atoms with Gasteiger partial charge in [0.15, 0.2) is 0 Å². The zero-order chi connectivity index (χ0) is 13.4. The van der Waals surface area contributed by atoms with Crippen LogP contribution in [0.25, 0.3) is 0 Å². The second-order valence-electron chi connectivity index (χ2n) is 5.46. The number of likely N-dealkylation sites (tertiary alicyclic amines) is 1. The number of nitrogen functional groups attached to an aromatic ring is 1. The van der Waals surface area contributed by atoms with E-state index in [1.807, 2.05) is 4.90 Å². The normalized spacial score (nSPS) is 29.5. The molecule has 2 N–H and O–H groups in total. The number of hydrogen-bond donors (Lipinski definition) is 1. The van der Waals surface area contributed by atoms with Gasteiger partial charge in [0.05, 0.1) is 6.10 Å². The largest absolute Gasteiger partial charge is 0.384 e. The number of nitrogens with zero attached hydrogens (tertiary/aromatic N) is 2. The molecule has 2 fully saturated rings. The molecule has 2 heterocycles. The van der Waals surface area contributed by atoms with Crippen LogP contribution in [-0.4, -0.2) is 42.1 Å². The molecule has 3 rings (SSSR count). The number of nitrogens with two attached hydrogens (primary N) is 1. The second-order valence-corrected chi connectivity index (χ2v) is 5.46. The molecule has 102 valence electrons. The van der Waals surface area contributed by atoms with E-state index >= 15 is 0 Å². The predicted molar refractivity (Wildman–Crippen MR) is 71.6 cm³/mol. The van der Waals surface area contributed by atoms with Crippen molar-refractivity contribution in [3.63, 3.8) is 0 Å². The third kappa shape index (κ3) is 2.18. The van der Waals surface area contributed by atoms with Crippen molar-refractivity contribution < 1.29 is 9.53 Å². The zero-order valence-electron chi connectivity index (χ0n) is 11.1. The Balaban J connectivity index is 1.76. The van der Waals surface area contributed by atoms with Crippen LogP contribution in [0.3, 0.4) is 0 Å². The van der Waals surface area contributed by atoms with Crippen molar-refractivity contribution in [3.05, 3.63) is 23.9 Å². The fraction of sp³-hybridized carbons (Fsp3) is 0.571. The maximum absolute atomic E-state index is 12.4. The molecule has 0 aromatic carbocycles. The summed E-state index contributed by atoms with van der Waals surface area (Å²) in [7, 11) is 1.77. The van der Waals surface area contributed by atoms with Crippen LogP contribution in [0.1, 0.15) is 23.3 Å². The molecule has 3 atom stereocenters. The van der Waals surface area contributed by atoms with Crippen LogP contribution in [0.2, 0.25) is 0 Å². The minimum atomic E-state index is -0.0150.